The number of carbonyl (C=O) groups is 1. The van der Waals surface area contributed by atoms with Gasteiger partial charge in [0.15, 0.2) is 0 Å². The van der Waals surface area contributed by atoms with Crippen molar-refractivity contribution in [3.05, 3.63) is 17.0 Å². The number of nitrogens with one attached hydrogen (secondary N) is 1. The van der Waals surface area contributed by atoms with Crippen LogP contribution in [0.4, 0.5) is 0 Å². The van der Waals surface area contributed by atoms with Crippen molar-refractivity contribution in [1.29, 1.82) is 0 Å². The van der Waals surface area contributed by atoms with E-state index < -0.39 is 0 Å². The van der Waals surface area contributed by atoms with E-state index in [1.807, 2.05) is 27.0 Å². The first-order valence-electron chi connectivity index (χ1n) is 6.60. The highest BCUT2D eigenvalue weighted by molar-refractivity contribution is 7.98. The summed E-state index contributed by atoms with van der Waals surface area (Å²) in [6, 6.07) is 0. The summed E-state index contributed by atoms with van der Waals surface area (Å²) in [4.78, 5) is 20.6. The van der Waals surface area contributed by atoms with Gasteiger partial charge >= 0.3 is 0 Å². The average Bonchev–Trinajstić information content (AvgIpc) is 2.84. The van der Waals surface area contributed by atoms with Gasteiger partial charge in [-0.2, -0.15) is 4.98 Å². The van der Waals surface area contributed by atoms with Crippen LogP contribution in [0.1, 0.15) is 30.3 Å². The molecule has 0 unspecified atom stereocenters. The molecule has 0 fully saturated rings. The van der Waals surface area contributed by atoms with Crippen LogP contribution in [-0.4, -0.2) is 38.3 Å². The van der Waals surface area contributed by atoms with Crippen molar-refractivity contribution in [3.8, 4) is 0 Å². The third-order valence-corrected chi connectivity index (χ3v) is 3.66. The summed E-state index contributed by atoms with van der Waals surface area (Å²) in [5.41, 5.74) is 2.68. The molecule has 2 rings (SSSR count). The second-order valence-corrected chi connectivity index (χ2v) is 5.37. The van der Waals surface area contributed by atoms with Gasteiger partial charge in [0, 0.05) is 23.5 Å². The molecule has 6 nitrogen and oxygen atoms in total. The Labute approximate surface area is 122 Å². The minimum Gasteiger partial charge on any atom is -0.356 e. The predicted octanol–water partition coefficient (Wildman–Crippen LogP) is 1.53. The predicted molar refractivity (Wildman–Crippen MR) is 79.0 cm³/mol. The van der Waals surface area contributed by atoms with E-state index in [1.54, 1.807) is 4.52 Å². The number of aryl methyl sites for hydroxylation is 2. The summed E-state index contributed by atoms with van der Waals surface area (Å²) in [5, 5.41) is 7.95. The third-order valence-electron chi connectivity index (χ3n) is 3.12. The lowest BCUT2D eigenvalue weighted by atomic mass is 10.1. The number of hydrogen-bond acceptors (Lipinski definition) is 5. The van der Waals surface area contributed by atoms with Gasteiger partial charge in [-0.25, -0.2) is 9.50 Å². The van der Waals surface area contributed by atoms with Gasteiger partial charge in [0.1, 0.15) is 0 Å². The van der Waals surface area contributed by atoms with Crippen LogP contribution < -0.4 is 5.32 Å². The molecule has 20 heavy (non-hydrogen) atoms. The number of fused-ring (bicyclic) bond motifs is 1. The van der Waals surface area contributed by atoms with Crippen LogP contribution in [0.25, 0.3) is 5.78 Å². The first-order valence-corrected chi connectivity index (χ1v) is 7.82. The molecule has 0 aliphatic rings. The maximum absolute atomic E-state index is 11.9. The smallest absolute Gasteiger partial charge is 0.253 e. The van der Waals surface area contributed by atoms with Crippen molar-refractivity contribution in [2.75, 3.05) is 12.8 Å². The third kappa shape index (κ3) is 2.92. The van der Waals surface area contributed by atoms with Gasteiger partial charge in [-0.05, 0) is 26.5 Å². The van der Waals surface area contributed by atoms with Crippen LogP contribution in [0.5, 0.6) is 0 Å². The number of rotatable bonds is 5. The van der Waals surface area contributed by atoms with E-state index in [4.69, 9.17) is 0 Å². The zero-order chi connectivity index (χ0) is 14.7. The average molecular weight is 293 g/mol. The Hall–Kier alpha value is -1.63. The van der Waals surface area contributed by atoms with E-state index in [9.17, 15) is 4.79 Å². The van der Waals surface area contributed by atoms with Gasteiger partial charge in [-0.3, -0.25) is 4.79 Å². The van der Waals surface area contributed by atoms with Crippen LogP contribution in [-0.2, 0) is 11.2 Å². The molecule has 0 atom stereocenters. The fourth-order valence-electron chi connectivity index (χ4n) is 2.02. The van der Waals surface area contributed by atoms with Crippen molar-refractivity contribution >= 4 is 23.4 Å². The van der Waals surface area contributed by atoms with Crippen LogP contribution in [0.3, 0.4) is 0 Å². The SMILES string of the molecule is CCCNC(=O)Cc1c(C)nc2nc(SC)nn2c1C. The van der Waals surface area contributed by atoms with Crippen molar-refractivity contribution in [2.24, 2.45) is 0 Å². The molecule has 0 aliphatic heterocycles. The summed E-state index contributed by atoms with van der Waals surface area (Å²) in [7, 11) is 0. The number of aromatic nitrogens is 4. The summed E-state index contributed by atoms with van der Waals surface area (Å²) < 4.78 is 1.71. The molecular formula is C13H19N5OS. The van der Waals surface area contributed by atoms with Crippen LogP contribution >= 0.6 is 11.8 Å². The zero-order valence-corrected chi connectivity index (χ0v) is 13.0. The fourth-order valence-corrected chi connectivity index (χ4v) is 2.36. The van der Waals surface area contributed by atoms with Gasteiger partial charge < -0.3 is 5.32 Å². The van der Waals surface area contributed by atoms with Crippen LogP contribution in [0.2, 0.25) is 0 Å². The monoisotopic (exact) mass is 293 g/mol. The van der Waals surface area contributed by atoms with Gasteiger partial charge in [0.2, 0.25) is 11.1 Å². The van der Waals surface area contributed by atoms with Gasteiger partial charge in [-0.1, -0.05) is 18.7 Å². The summed E-state index contributed by atoms with van der Waals surface area (Å²) >= 11 is 1.48. The van der Waals surface area contributed by atoms with E-state index in [1.165, 1.54) is 11.8 Å². The Bertz CT molecular complexity index is 637. The van der Waals surface area contributed by atoms with E-state index in [0.717, 1.165) is 23.4 Å². The lowest BCUT2D eigenvalue weighted by Crippen LogP contribution is -2.26. The summed E-state index contributed by atoms with van der Waals surface area (Å²) in [6.07, 6.45) is 3.19. The van der Waals surface area contributed by atoms with Gasteiger partial charge in [0.05, 0.1) is 6.42 Å². The second-order valence-electron chi connectivity index (χ2n) is 4.60. The van der Waals surface area contributed by atoms with E-state index >= 15 is 0 Å². The van der Waals surface area contributed by atoms with E-state index in [0.29, 0.717) is 23.9 Å². The number of amides is 1. The molecule has 2 aromatic rings. The second kappa shape index (κ2) is 6.21. The normalized spacial score (nSPS) is 11.0. The molecule has 0 saturated carbocycles. The maximum Gasteiger partial charge on any atom is 0.253 e. The Kier molecular flexibility index (Phi) is 4.59. The van der Waals surface area contributed by atoms with Crippen molar-refractivity contribution in [3.63, 3.8) is 0 Å². The molecule has 108 valence electrons. The van der Waals surface area contributed by atoms with Gasteiger partial charge in [-0.15, -0.1) is 5.10 Å². The topological polar surface area (TPSA) is 72.2 Å². The maximum atomic E-state index is 11.9. The number of thioether (sulfide) groups is 1. The van der Waals surface area contributed by atoms with Gasteiger partial charge in [0.25, 0.3) is 5.78 Å². The molecule has 0 aromatic carbocycles. The van der Waals surface area contributed by atoms with Crippen LogP contribution in [0, 0.1) is 13.8 Å². The fraction of sp³-hybridized carbons (Fsp3) is 0.538. The molecular weight excluding hydrogens is 274 g/mol. The highest BCUT2D eigenvalue weighted by Gasteiger charge is 2.15. The van der Waals surface area contributed by atoms with Crippen molar-refractivity contribution in [1.82, 2.24) is 24.9 Å². The van der Waals surface area contributed by atoms with E-state index in [2.05, 4.69) is 20.4 Å². The minimum absolute atomic E-state index is 0.0180. The van der Waals surface area contributed by atoms with Crippen molar-refractivity contribution in [2.45, 2.75) is 38.8 Å². The zero-order valence-electron chi connectivity index (χ0n) is 12.2. The highest BCUT2D eigenvalue weighted by Crippen LogP contribution is 2.17. The Morgan fingerprint density at radius 1 is 1.35 bits per heavy atom. The van der Waals surface area contributed by atoms with E-state index in [-0.39, 0.29) is 5.91 Å². The molecule has 2 aromatic heterocycles. The molecule has 0 saturated heterocycles. The minimum atomic E-state index is 0.0180. The van der Waals surface area contributed by atoms with Crippen molar-refractivity contribution < 1.29 is 4.79 Å². The lowest BCUT2D eigenvalue weighted by molar-refractivity contribution is -0.120. The Morgan fingerprint density at radius 2 is 2.10 bits per heavy atom. The molecule has 1 amide bonds. The standard InChI is InChI=1S/C13H19N5OS/c1-5-6-14-11(19)7-10-8(2)15-12-16-13(20-4)17-18(12)9(10)3/h5-7H2,1-4H3,(H,14,19). The largest absolute Gasteiger partial charge is 0.356 e. The molecule has 2 heterocycles. The Balaban J connectivity index is 2.35. The molecule has 7 heteroatoms. The molecule has 0 aliphatic carbocycles. The quantitative estimate of drug-likeness (QED) is 0.846. The highest BCUT2D eigenvalue weighted by atomic mass is 32.2. The number of hydrogen-bond donors (Lipinski definition) is 1. The molecule has 0 bridgehead atoms. The summed E-state index contributed by atoms with van der Waals surface area (Å²) in [5.74, 6) is 0.603. The molecule has 0 spiro atoms. The number of carbonyl (C=O) groups excluding carboxylic acids is 1. The lowest BCUT2D eigenvalue weighted by Gasteiger charge is -2.10. The molecule has 1 N–H and O–H groups in total. The summed E-state index contributed by atoms with van der Waals surface area (Å²) in [6.45, 7) is 6.59. The molecule has 0 radical (unpaired) electrons. The first kappa shape index (κ1) is 14.8. The Morgan fingerprint density at radius 3 is 2.75 bits per heavy atom. The van der Waals surface area contributed by atoms with Crippen LogP contribution in [0.15, 0.2) is 5.16 Å². The number of nitrogens with zero attached hydrogens (tertiary/aromatic N) is 4. The first-order chi connectivity index (χ1) is 9.56.